The zero-order chi connectivity index (χ0) is 11.0. The molecule has 5 heteroatoms. The first-order valence-electron chi connectivity index (χ1n) is 5.85. The molecule has 0 aromatic carbocycles. The smallest absolute Gasteiger partial charge is 0.227 e. The van der Waals surface area contributed by atoms with Gasteiger partial charge in [-0.1, -0.05) is 11.6 Å². The second-order valence-corrected chi connectivity index (χ2v) is 4.72. The van der Waals surface area contributed by atoms with E-state index in [9.17, 15) is 0 Å². The van der Waals surface area contributed by atoms with Gasteiger partial charge in [-0.2, -0.15) is 0 Å². The molecule has 0 aliphatic carbocycles. The lowest BCUT2D eigenvalue weighted by molar-refractivity contribution is 0.621. The Balaban J connectivity index is 1.97. The number of rotatable bonds is 1. The zero-order valence-electron chi connectivity index (χ0n) is 9.17. The highest BCUT2D eigenvalue weighted by Gasteiger charge is 2.20. The average molecular weight is 239 g/mol. The number of aromatic nitrogens is 2. The first kappa shape index (κ1) is 10.3. The monoisotopic (exact) mass is 238 g/mol. The molecule has 0 radical (unpaired) electrons. The number of hydrogen-bond acceptors (Lipinski definition) is 4. The minimum atomic E-state index is 0.647. The molecule has 4 nitrogen and oxygen atoms in total. The summed E-state index contributed by atoms with van der Waals surface area (Å²) in [4.78, 5) is 11.3. The van der Waals surface area contributed by atoms with Crippen molar-refractivity contribution in [3.63, 3.8) is 0 Å². The van der Waals surface area contributed by atoms with Crippen molar-refractivity contribution < 1.29 is 0 Å². The standard InChI is InChI=1S/C11H15ClN4/c12-10-8-3-4-13-7-9(8)14-11(15-10)16-5-1-2-6-16/h13H,1-7H2. The maximum atomic E-state index is 6.22. The van der Waals surface area contributed by atoms with Crippen LogP contribution in [-0.4, -0.2) is 29.6 Å². The second-order valence-electron chi connectivity index (χ2n) is 4.36. The van der Waals surface area contributed by atoms with Gasteiger partial charge in [-0.05, 0) is 25.8 Å². The van der Waals surface area contributed by atoms with Crippen LogP contribution in [0.1, 0.15) is 24.1 Å². The van der Waals surface area contributed by atoms with E-state index in [2.05, 4.69) is 20.2 Å². The molecule has 1 fully saturated rings. The predicted molar refractivity (Wildman–Crippen MR) is 63.9 cm³/mol. The molecular weight excluding hydrogens is 224 g/mol. The van der Waals surface area contributed by atoms with Crippen molar-refractivity contribution in [2.75, 3.05) is 24.5 Å². The van der Waals surface area contributed by atoms with E-state index < -0.39 is 0 Å². The van der Waals surface area contributed by atoms with Crippen LogP contribution in [0.2, 0.25) is 5.15 Å². The third-order valence-electron chi connectivity index (χ3n) is 3.26. The number of fused-ring (bicyclic) bond motifs is 1. The summed E-state index contributed by atoms with van der Waals surface area (Å²) in [5.74, 6) is 0.810. The molecule has 1 aromatic rings. The van der Waals surface area contributed by atoms with Crippen molar-refractivity contribution in [2.24, 2.45) is 0 Å². The van der Waals surface area contributed by atoms with Gasteiger partial charge >= 0.3 is 0 Å². The highest BCUT2D eigenvalue weighted by molar-refractivity contribution is 6.30. The van der Waals surface area contributed by atoms with Crippen LogP contribution in [0, 0.1) is 0 Å². The van der Waals surface area contributed by atoms with Gasteiger partial charge < -0.3 is 10.2 Å². The Morgan fingerprint density at radius 1 is 1.19 bits per heavy atom. The van der Waals surface area contributed by atoms with Crippen LogP contribution >= 0.6 is 11.6 Å². The summed E-state index contributed by atoms with van der Waals surface area (Å²) in [6.45, 7) is 3.91. The van der Waals surface area contributed by atoms with Crippen LogP contribution in [-0.2, 0) is 13.0 Å². The van der Waals surface area contributed by atoms with Gasteiger partial charge in [0.15, 0.2) is 0 Å². The number of nitrogens with zero attached hydrogens (tertiary/aromatic N) is 3. The summed E-state index contributed by atoms with van der Waals surface area (Å²) in [5, 5.41) is 3.97. The van der Waals surface area contributed by atoms with E-state index in [-0.39, 0.29) is 0 Å². The molecule has 0 bridgehead atoms. The second kappa shape index (κ2) is 4.18. The summed E-state index contributed by atoms with van der Waals surface area (Å²) in [5.41, 5.74) is 2.21. The molecule has 2 aliphatic heterocycles. The van der Waals surface area contributed by atoms with E-state index in [1.165, 1.54) is 12.8 Å². The Kier molecular flexibility index (Phi) is 2.69. The minimum absolute atomic E-state index is 0.647. The van der Waals surface area contributed by atoms with Crippen LogP contribution in [0.3, 0.4) is 0 Å². The molecule has 1 aromatic heterocycles. The van der Waals surface area contributed by atoms with Gasteiger partial charge in [0.2, 0.25) is 5.95 Å². The fourth-order valence-corrected chi connectivity index (χ4v) is 2.64. The topological polar surface area (TPSA) is 41.1 Å². The van der Waals surface area contributed by atoms with Crippen molar-refractivity contribution in [1.29, 1.82) is 0 Å². The molecule has 3 rings (SSSR count). The Hall–Kier alpha value is -0.870. The summed E-state index contributed by atoms with van der Waals surface area (Å²) in [7, 11) is 0. The highest BCUT2D eigenvalue weighted by Crippen LogP contribution is 2.24. The molecule has 1 N–H and O–H groups in total. The Bertz CT molecular complexity index is 401. The van der Waals surface area contributed by atoms with Gasteiger partial charge in [0.25, 0.3) is 0 Å². The number of nitrogens with one attached hydrogen (secondary N) is 1. The lowest BCUT2D eigenvalue weighted by Gasteiger charge is -2.21. The maximum absolute atomic E-state index is 6.22. The van der Waals surface area contributed by atoms with Gasteiger partial charge in [0.05, 0.1) is 5.69 Å². The van der Waals surface area contributed by atoms with E-state index in [0.29, 0.717) is 5.15 Å². The van der Waals surface area contributed by atoms with Crippen LogP contribution in [0.25, 0.3) is 0 Å². The summed E-state index contributed by atoms with van der Waals surface area (Å²) < 4.78 is 0. The normalized spacial score (nSPS) is 19.9. The van der Waals surface area contributed by atoms with Crippen LogP contribution in [0.4, 0.5) is 5.95 Å². The van der Waals surface area contributed by atoms with Gasteiger partial charge in [0, 0.05) is 25.2 Å². The van der Waals surface area contributed by atoms with Crippen molar-refractivity contribution in [3.8, 4) is 0 Å². The molecule has 1 saturated heterocycles. The lowest BCUT2D eigenvalue weighted by Crippen LogP contribution is -2.28. The van der Waals surface area contributed by atoms with E-state index in [1.807, 2.05) is 0 Å². The Labute approximate surface area is 100 Å². The molecule has 0 atom stereocenters. The summed E-state index contributed by atoms with van der Waals surface area (Å²) in [6.07, 6.45) is 3.40. The first-order valence-corrected chi connectivity index (χ1v) is 6.23. The molecule has 0 spiro atoms. The largest absolute Gasteiger partial charge is 0.341 e. The molecule has 2 aliphatic rings. The molecule has 0 amide bonds. The maximum Gasteiger partial charge on any atom is 0.227 e. The molecule has 0 unspecified atom stereocenters. The molecule has 16 heavy (non-hydrogen) atoms. The van der Waals surface area contributed by atoms with Gasteiger partial charge in [-0.15, -0.1) is 0 Å². The first-order chi connectivity index (χ1) is 7.84. The van der Waals surface area contributed by atoms with E-state index in [1.54, 1.807) is 0 Å². The number of halogens is 1. The van der Waals surface area contributed by atoms with Gasteiger partial charge in [-0.25, -0.2) is 9.97 Å². The zero-order valence-corrected chi connectivity index (χ0v) is 9.93. The highest BCUT2D eigenvalue weighted by atomic mass is 35.5. The molecule has 0 saturated carbocycles. The van der Waals surface area contributed by atoms with E-state index in [0.717, 1.165) is 49.8 Å². The minimum Gasteiger partial charge on any atom is -0.341 e. The third-order valence-corrected chi connectivity index (χ3v) is 3.58. The SMILES string of the molecule is Clc1nc(N2CCCC2)nc2c1CCNC2. The fourth-order valence-electron chi connectivity index (χ4n) is 2.36. The van der Waals surface area contributed by atoms with Crippen molar-refractivity contribution in [1.82, 2.24) is 15.3 Å². The van der Waals surface area contributed by atoms with Crippen molar-refractivity contribution >= 4 is 17.5 Å². The van der Waals surface area contributed by atoms with Crippen molar-refractivity contribution in [3.05, 3.63) is 16.4 Å². The van der Waals surface area contributed by atoms with Crippen LogP contribution in [0.5, 0.6) is 0 Å². The number of anilines is 1. The van der Waals surface area contributed by atoms with Crippen LogP contribution in [0.15, 0.2) is 0 Å². The van der Waals surface area contributed by atoms with Gasteiger partial charge in [-0.3, -0.25) is 0 Å². The van der Waals surface area contributed by atoms with Gasteiger partial charge in [0.1, 0.15) is 5.15 Å². The lowest BCUT2D eigenvalue weighted by atomic mass is 10.1. The summed E-state index contributed by atoms with van der Waals surface area (Å²) in [6, 6.07) is 0. The molecular formula is C11H15ClN4. The van der Waals surface area contributed by atoms with Crippen LogP contribution < -0.4 is 10.2 Å². The average Bonchev–Trinajstić information content (AvgIpc) is 2.82. The Morgan fingerprint density at radius 2 is 2.00 bits per heavy atom. The molecule has 3 heterocycles. The van der Waals surface area contributed by atoms with E-state index >= 15 is 0 Å². The molecule has 86 valence electrons. The summed E-state index contributed by atoms with van der Waals surface area (Å²) >= 11 is 6.22. The van der Waals surface area contributed by atoms with E-state index in [4.69, 9.17) is 11.6 Å². The number of hydrogen-bond donors (Lipinski definition) is 1. The predicted octanol–water partition coefficient (Wildman–Crippen LogP) is 1.38. The third kappa shape index (κ3) is 1.76. The van der Waals surface area contributed by atoms with Crippen molar-refractivity contribution in [2.45, 2.75) is 25.8 Å². The fraction of sp³-hybridized carbons (Fsp3) is 0.636. The Morgan fingerprint density at radius 3 is 2.81 bits per heavy atom. The quantitative estimate of drug-likeness (QED) is 0.751.